The van der Waals surface area contributed by atoms with E-state index in [1.165, 1.54) is 4.90 Å². The fourth-order valence-electron chi connectivity index (χ4n) is 5.11. The quantitative estimate of drug-likeness (QED) is 0.142. The molecular weight excluding hydrogens is 560 g/mol. The lowest BCUT2D eigenvalue weighted by molar-refractivity contribution is -0.0432. The number of imidazole rings is 1. The molecule has 2 N–H and O–H groups in total. The van der Waals surface area contributed by atoms with Gasteiger partial charge in [0.25, 0.3) is 0 Å². The summed E-state index contributed by atoms with van der Waals surface area (Å²) in [5, 5.41) is 20.0. The van der Waals surface area contributed by atoms with Crippen LogP contribution in [0.15, 0.2) is 78.0 Å². The predicted octanol–water partition coefficient (Wildman–Crippen LogP) is 5.97. The lowest BCUT2D eigenvalue weighted by Crippen LogP contribution is -2.29. The first-order valence-electron chi connectivity index (χ1n) is 15.2. The Bertz CT molecular complexity index is 1480. The number of aromatic nitrogens is 3. The molecule has 4 aromatic rings. The number of aliphatic hydroxyl groups is 2. The van der Waals surface area contributed by atoms with E-state index in [1.54, 1.807) is 23.3 Å². The molecule has 0 unspecified atom stereocenters. The van der Waals surface area contributed by atoms with Crippen molar-refractivity contribution in [3.05, 3.63) is 73.1 Å². The highest BCUT2D eigenvalue weighted by Crippen LogP contribution is 2.35. The second-order valence-electron chi connectivity index (χ2n) is 10.8. The van der Waals surface area contributed by atoms with Crippen LogP contribution in [0.1, 0.15) is 52.2 Å². The SMILES string of the molecule is CCCCN(C=Nc1cc(OC(=O)N(c2ccccc2)c2ccccc2)c2ncn([C@H]3C[C@H](O)[C@@H](CO)O3)c2n1)CCCC. The molecule has 44 heavy (non-hydrogen) atoms. The first kappa shape index (κ1) is 31.1. The summed E-state index contributed by atoms with van der Waals surface area (Å²) in [7, 11) is 0. The molecular formula is C33H40N6O5. The summed E-state index contributed by atoms with van der Waals surface area (Å²) in [5.41, 5.74) is 2.02. The standard InChI is InChI=1S/C33H40N6O5/c1-3-5-17-37(18-6-4-2)22-34-29-20-27(31-32(36-29)38(23-35-31)30-19-26(41)28(21-40)43-30)44-33(42)39(24-13-9-7-10-14-24)25-15-11-8-12-16-25/h7-16,20,22-23,26,28,30,40-41H,3-6,17-19,21H2,1-2H3/t26-,28+,30+/m0/s1. The van der Waals surface area contributed by atoms with Crippen molar-refractivity contribution in [2.24, 2.45) is 4.99 Å². The first-order chi connectivity index (χ1) is 21.5. The predicted molar refractivity (Wildman–Crippen MR) is 170 cm³/mol. The van der Waals surface area contributed by atoms with E-state index in [0.29, 0.717) is 28.4 Å². The molecule has 1 fully saturated rings. The number of hydrogen-bond donors (Lipinski definition) is 2. The Morgan fingerprint density at radius 3 is 2.27 bits per heavy atom. The van der Waals surface area contributed by atoms with Gasteiger partial charge in [0.1, 0.15) is 12.3 Å². The third-order valence-electron chi connectivity index (χ3n) is 7.54. The molecule has 0 bridgehead atoms. The fourth-order valence-corrected chi connectivity index (χ4v) is 5.11. The van der Waals surface area contributed by atoms with Crippen molar-refractivity contribution in [1.82, 2.24) is 19.4 Å². The number of fused-ring (bicyclic) bond motifs is 1. The average molecular weight is 601 g/mol. The van der Waals surface area contributed by atoms with E-state index in [2.05, 4.69) is 23.7 Å². The Kier molecular flexibility index (Phi) is 10.5. The third-order valence-corrected chi connectivity index (χ3v) is 7.54. The molecule has 3 atom stereocenters. The number of aliphatic imine (C=N–C) groups is 1. The second-order valence-corrected chi connectivity index (χ2v) is 10.8. The minimum Gasteiger partial charge on any atom is -0.407 e. The maximum Gasteiger partial charge on any atom is 0.424 e. The van der Waals surface area contributed by atoms with Gasteiger partial charge in [0, 0.05) is 25.6 Å². The van der Waals surface area contributed by atoms with E-state index in [4.69, 9.17) is 19.5 Å². The number of carbonyl (C=O) groups excluding carboxylic acids is 1. The topological polar surface area (TPSA) is 126 Å². The van der Waals surface area contributed by atoms with Crippen LogP contribution in [0.4, 0.5) is 22.0 Å². The maximum absolute atomic E-state index is 13.9. The average Bonchev–Trinajstić information content (AvgIpc) is 3.65. The van der Waals surface area contributed by atoms with E-state index >= 15 is 0 Å². The molecule has 1 aliphatic rings. The second kappa shape index (κ2) is 14.9. The van der Waals surface area contributed by atoms with Gasteiger partial charge in [-0.3, -0.25) is 4.57 Å². The highest BCUT2D eigenvalue weighted by molar-refractivity contribution is 5.98. The van der Waals surface area contributed by atoms with Crippen LogP contribution < -0.4 is 9.64 Å². The van der Waals surface area contributed by atoms with Gasteiger partial charge < -0.3 is 24.6 Å². The van der Waals surface area contributed by atoms with Crippen LogP contribution >= 0.6 is 0 Å². The Morgan fingerprint density at radius 1 is 1.07 bits per heavy atom. The van der Waals surface area contributed by atoms with Crippen molar-refractivity contribution < 1.29 is 24.5 Å². The number of ether oxygens (including phenoxy) is 2. The zero-order valence-corrected chi connectivity index (χ0v) is 25.2. The molecule has 5 rings (SSSR count). The van der Waals surface area contributed by atoms with Gasteiger partial charge in [0.15, 0.2) is 22.7 Å². The first-order valence-corrected chi connectivity index (χ1v) is 15.2. The normalized spacial score (nSPS) is 18.2. The molecule has 11 heteroatoms. The zero-order chi connectivity index (χ0) is 30.9. The monoisotopic (exact) mass is 600 g/mol. The van der Waals surface area contributed by atoms with E-state index < -0.39 is 24.5 Å². The van der Waals surface area contributed by atoms with Gasteiger partial charge in [-0.25, -0.2) is 24.7 Å². The number of carbonyl (C=O) groups is 1. The lowest BCUT2D eigenvalue weighted by atomic mass is 10.2. The molecule has 0 saturated carbocycles. The van der Waals surface area contributed by atoms with Crippen molar-refractivity contribution in [2.75, 3.05) is 24.6 Å². The number of benzene rings is 2. The van der Waals surface area contributed by atoms with Crippen LogP contribution in [-0.2, 0) is 4.74 Å². The van der Waals surface area contributed by atoms with Crippen LogP contribution in [-0.4, -0.2) is 74.0 Å². The number of hydrogen-bond acceptors (Lipinski definition) is 8. The van der Waals surface area contributed by atoms with Crippen molar-refractivity contribution in [2.45, 2.75) is 64.4 Å². The Labute approximate surface area is 257 Å². The summed E-state index contributed by atoms with van der Waals surface area (Å²) in [6.45, 7) is 5.76. The molecule has 0 spiro atoms. The van der Waals surface area contributed by atoms with Gasteiger partial charge in [0.2, 0.25) is 0 Å². The molecule has 1 aliphatic heterocycles. The number of rotatable bonds is 13. The van der Waals surface area contributed by atoms with Gasteiger partial charge in [-0.05, 0) is 37.1 Å². The molecule has 1 saturated heterocycles. The van der Waals surface area contributed by atoms with Gasteiger partial charge in [-0.1, -0.05) is 63.1 Å². The van der Waals surface area contributed by atoms with Crippen LogP contribution in [0.3, 0.4) is 0 Å². The van der Waals surface area contributed by atoms with E-state index in [-0.39, 0.29) is 18.8 Å². The molecule has 3 heterocycles. The number of nitrogens with zero attached hydrogens (tertiary/aromatic N) is 6. The number of amides is 1. The number of unbranched alkanes of at least 4 members (excludes halogenated alkanes) is 2. The number of aliphatic hydroxyl groups excluding tert-OH is 2. The minimum atomic E-state index is -0.836. The van der Waals surface area contributed by atoms with E-state index in [9.17, 15) is 15.0 Å². The van der Waals surface area contributed by atoms with Gasteiger partial charge in [0.05, 0.1) is 36.8 Å². The Balaban J connectivity index is 1.53. The highest BCUT2D eigenvalue weighted by atomic mass is 16.6. The fraction of sp³-hybridized carbons (Fsp3) is 0.394. The van der Waals surface area contributed by atoms with Crippen LogP contribution in [0.25, 0.3) is 11.2 Å². The van der Waals surface area contributed by atoms with Gasteiger partial charge >= 0.3 is 6.09 Å². The summed E-state index contributed by atoms with van der Waals surface area (Å²) in [6.07, 6.45) is 5.02. The van der Waals surface area contributed by atoms with E-state index in [1.807, 2.05) is 60.7 Å². The lowest BCUT2D eigenvalue weighted by Gasteiger charge is -2.22. The van der Waals surface area contributed by atoms with Crippen LogP contribution in [0.5, 0.6) is 5.75 Å². The van der Waals surface area contributed by atoms with Crippen molar-refractivity contribution in [3.8, 4) is 5.75 Å². The van der Waals surface area contributed by atoms with Crippen molar-refractivity contribution in [3.63, 3.8) is 0 Å². The number of para-hydroxylation sites is 2. The Hall–Kier alpha value is -4.32. The molecule has 2 aromatic heterocycles. The minimum absolute atomic E-state index is 0.189. The number of pyridine rings is 1. The highest BCUT2D eigenvalue weighted by Gasteiger charge is 2.35. The van der Waals surface area contributed by atoms with Gasteiger partial charge in [-0.15, -0.1) is 0 Å². The van der Waals surface area contributed by atoms with Crippen molar-refractivity contribution >= 4 is 40.8 Å². The zero-order valence-electron chi connectivity index (χ0n) is 25.2. The molecule has 0 aliphatic carbocycles. The molecule has 11 nitrogen and oxygen atoms in total. The molecule has 0 radical (unpaired) electrons. The number of anilines is 2. The van der Waals surface area contributed by atoms with E-state index in [0.717, 1.165) is 38.8 Å². The maximum atomic E-state index is 13.9. The summed E-state index contributed by atoms with van der Waals surface area (Å²) < 4.78 is 13.6. The van der Waals surface area contributed by atoms with Crippen LogP contribution in [0, 0.1) is 0 Å². The van der Waals surface area contributed by atoms with Crippen LogP contribution in [0.2, 0.25) is 0 Å². The molecule has 1 amide bonds. The van der Waals surface area contributed by atoms with Gasteiger partial charge in [-0.2, -0.15) is 0 Å². The summed E-state index contributed by atoms with van der Waals surface area (Å²) in [5.74, 6) is 0.525. The summed E-state index contributed by atoms with van der Waals surface area (Å²) >= 11 is 0. The largest absolute Gasteiger partial charge is 0.424 e. The Morgan fingerprint density at radius 2 is 1.70 bits per heavy atom. The molecule has 232 valence electrons. The third kappa shape index (κ3) is 7.24. The smallest absolute Gasteiger partial charge is 0.407 e. The summed E-state index contributed by atoms with van der Waals surface area (Å²) in [6, 6.07) is 20.2. The summed E-state index contributed by atoms with van der Waals surface area (Å²) in [4.78, 5) is 31.5. The molecule has 2 aromatic carbocycles. The van der Waals surface area contributed by atoms with Crippen molar-refractivity contribution in [1.29, 1.82) is 0 Å².